The highest BCUT2D eigenvalue weighted by Gasteiger charge is 2.24. The van der Waals surface area contributed by atoms with Gasteiger partial charge in [-0.15, -0.1) is 0 Å². The fraction of sp³-hybridized carbons (Fsp3) is 0.500. The van der Waals surface area contributed by atoms with Crippen LogP contribution >= 0.6 is 0 Å². The van der Waals surface area contributed by atoms with Crippen LogP contribution < -0.4 is 10.6 Å². The molecule has 2 N–H and O–H groups in total. The minimum atomic E-state index is 0.186. The highest BCUT2D eigenvalue weighted by molar-refractivity contribution is 5.58. The second kappa shape index (κ2) is 1.98. The van der Waals surface area contributed by atoms with Crippen LogP contribution in [-0.2, 0) is 0 Å². The SMILES string of the molecule is CN1CNC2N=CNC=C21. The molecule has 1 saturated heterocycles. The second-order valence-electron chi connectivity index (χ2n) is 2.48. The van der Waals surface area contributed by atoms with Crippen LogP contribution in [0.3, 0.4) is 0 Å². The van der Waals surface area contributed by atoms with E-state index in [-0.39, 0.29) is 6.17 Å². The van der Waals surface area contributed by atoms with Crippen molar-refractivity contribution in [3.63, 3.8) is 0 Å². The van der Waals surface area contributed by atoms with Gasteiger partial charge in [-0.1, -0.05) is 0 Å². The number of fused-ring (bicyclic) bond motifs is 1. The Hall–Kier alpha value is -1.03. The van der Waals surface area contributed by atoms with Crippen molar-refractivity contribution < 1.29 is 0 Å². The molecule has 54 valence electrons. The first-order chi connectivity index (χ1) is 4.88. The number of rotatable bonds is 0. The summed E-state index contributed by atoms with van der Waals surface area (Å²) < 4.78 is 0. The molecule has 0 bridgehead atoms. The third kappa shape index (κ3) is 0.690. The third-order valence-corrected chi connectivity index (χ3v) is 1.77. The summed E-state index contributed by atoms with van der Waals surface area (Å²) in [6, 6.07) is 0. The Balaban J connectivity index is 2.24. The Morgan fingerprint density at radius 1 is 1.80 bits per heavy atom. The van der Waals surface area contributed by atoms with E-state index in [9.17, 15) is 0 Å². The quantitative estimate of drug-likeness (QED) is 0.464. The van der Waals surface area contributed by atoms with Crippen LogP contribution in [0.4, 0.5) is 0 Å². The van der Waals surface area contributed by atoms with E-state index in [2.05, 4.69) is 20.5 Å². The lowest BCUT2D eigenvalue weighted by Gasteiger charge is -2.15. The highest BCUT2D eigenvalue weighted by Crippen LogP contribution is 2.14. The molecule has 10 heavy (non-hydrogen) atoms. The van der Waals surface area contributed by atoms with E-state index >= 15 is 0 Å². The molecule has 1 fully saturated rings. The van der Waals surface area contributed by atoms with Gasteiger partial charge >= 0.3 is 0 Å². The van der Waals surface area contributed by atoms with Gasteiger partial charge in [0.2, 0.25) is 0 Å². The molecule has 0 aromatic rings. The number of hydrogen-bond acceptors (Lipinski definition) is 4. The smallest absolute Gasteiger partial charge is 0.144 e. The maximum Gasteiger partial charge on any atom is 0.144 e. The standard InChI is InChI=1S/C6H10N4/c1-10-4-9-6-5(10)2-7-3-8-6/h2-3,6,9H,4H2,1H3,(H,7,8). The molecule has 2 aliphatic heterocycles. The fourth-order valence-corrected chi connectivity index (χ4v) is 1.19. The Bertz CT molecular complexity index is 196. The minimum Gasteiger partial charge on any atom is -0.361 e. The van der Waals surface area contributed by atoms with Crippen molar-refractivity contribution in [2.24, 2.45) is 4.99 Å². The maximum atomic E-state index is 4.18. The van der Waals surface area contributed by atoms with E-state index in [1.54, 1.807) is 6.34 Å². The topological polar surface area (TPSA) is 39.7 Å². The van der Waals surface area contributed by atoms with Crippen molar-refractivity contribution in [1.82, 2.24) is 15.5 Å². The molecule has 0 radical (unpaired) electrons. The maximum absolute atomic E-state index is 4.18. The van der Waals surface area contributed by atoms with Crippen LogP contribution in [-0.4, -0.2) is 31.1 Å². The van der Waals surface area contributed by atoms with Crippen molar-refractivity contribution in [2.45, 2.75) is 6.17 Å². The zero-order valence-corrected chi connectivity index (χ0v) is 5.83. The normalized spacial score (nSPS) is 29.5. The molecule has 2 aliphatic rings. The van der Waals surface area contributed by atoms with Crippen molar-refractivity contribution in [1.29, 1.82) is 0 Å². The van der Waals surface area contributed by atoms with Gasteiger partial charge in [0.25, 0.3) is 0 Å². The van der Waals surface area contributed by atoms with Crippen molar-refractivity contribution in [2.75, 3.05) is 13.7 Å². The molecule has 0 aliphatic carbocycles. The van der Waals surface area contributed by atoms with Gasteiger partial charge in [0, 0.05) is 13.2 Å². The van der Waals surface area contributed by atoms with E-state index in [1.165, 1.54) is 5.70 Å². The Kier molecular flexibility index (Phi) is 1.14. The summed E-state index contributed by atoms with van der Waals surface area (Å²) in [6.07, 6.45) is 3.86. The van der Waals surface area contributed by atoms with Crippen LogP contribution in [0.5, 0.6) is 0 Å². The predicted molar refractivity (Wildman–Crippen MR) is 39.3 cm³/mol. The molecule has 0 aromatic carbocycles. The van der Waals surface area contributed by atoms with Gasteiger partial charge in [-0.2, -0.15) is 0 Å². The van der Waals surface area contributed by atoms with Gasteiger partial charge in [0.05, 0.1) is 18.7 Å². The van der Waals surface area contributed by atoms with Crippen LogP contribution in [0.25, 0.3) is 0 Å². The van der Waals surface area contributed by atoms with Gasteiger partial charge in [-0.25, -0.2) is 0 Å². The molecule has 1 atom stereocenters. The Labute approximate surface area is 59.6 Å². The van der Waals surface area contributed by atoms with Crippen molar-refractivity contribution in [3.05, 3.63) is 11.9 Å². The van der Waals surface area contributed by atoms with Gasteiger partial charge in [-0.3, -0.25) is 10.3 Å². The summed E-state index contributed by atoms with van der Waals surface area (Å²) in [7, 11) is 2.04. The monoisotopic (exact) mass is 138 g/mol. The van der Waals surface area contributed by atoms with Crippen molar-refractivity contribution in [3.8, 4) is 0 Å². The van der Waals surface area contributed by atoms with Crippen LogP contribution in [0.1, 0.15) is 0 Å². The number of likely N-dealkylation sites (N-methyl/N-ethyl adjacent to an activating group) is 1. The molecule has 4 heteroatoms. The summed E-state index contributed by atoms with van der Waals surface area (Å²) in [5.74, 6) is 0. The third-order valence-electron chi connectivity index (χ3n) is 1.77. The zero-order valence-electron chi connectivity index (χ0n) is 5.83. The van der Waals surface area contributed by atoms with Crippen LogP contribution in [0, 0.1) is 0 Å². The van der Waals surface area contributed by atoms with Gasteiger partial charge < -0.3 is 10.2 Å². The fourth-order valence-electron chi connectivity index (χ4n) is 1.19. The van der Waals surface area contributed by atoms with E-state index in [4.69, 9.17) is 0 Å². The molecule has 2 heterocycles. The zero-order chi connectivity index (χ0) is 6.97. The molecule has 4 nitrogen and oxygen atoms in total. The summed E-state index contributed by atoms with van der Waals surface area (Å²) in [4.78, 5) is 6.32. The van der Waals surface area contributed by atoms with E-state index in [0.29, 0.717) is 0 Å². The second-order valence-corrected chi connectivity index (χ2v) is 2.48. The number of nitrogens with one attached hydrogen (secondary N) is 2. The van der Waals surface area contributed by atoms with E-state index < -0.39 is 0 Å². The molecule has 0 aromatic heterocycles. The van der Waals surface area contributed by atoms with E-state index in [0.717, 1.165) is 6.67 Å². The summed E-state index contributed by atoms with van der Waals surface area (Å²) in [5.41, 5.74) is 1.21. The number of aliphatic imine (C=N–C) groups is 1. The lowest BCUT2D eigenvalue weighted by atomic mass is 10.3. The highest BCUT2D eigenvalue weighted by atomic mass is 15.4. The molecular formula is C6H10N4. The summed E-state index contributed by atoms with van der Waals surface area (Å²) >= 11 is 0. The lowest BCUT2D eigenvalue weighted by Crippen LogP contribution is -2.25. The Morgan fingerprint density at radius 2 is 2.70 bits per heavy atom. The molecular weight excluding hydrogens is 128 g/mol. The summed E-state index contributed by atoms with van der Waals surface area (Å²) in [6.45, 7) is 0.884. The number of nitrogens with zero attached hydrogens (tertiary/aromatic N) is 2. The first kappa shape index (κ1) is 5.73. The Morgan fingerprint density at radius 3 is 3.50 bits per heavy atom. The molecule has 1 unspecified atom stereocenters. The minimum absolute atomic E-state index is 0.186. The molecule has 0 spiro atoms. The number of hydrogen-bond donors (Lipinski definition) is 2. The van der Waals surface area contributed by atoms with Gasteiger partial charge in [0.15, 0.2) is 0 Å². The molecule has 0 saturated carbocycles. The average molecular weight is 138 g/mol. The molecule has 2 rings (SSSR count). The molecule has 0 amide bonds. The lowest BCUT2D eigenvalue weighted by molar-refractivity contribution is 0.464. The van der Waals surface area contributed by atoms with Gasteiger partial charge in [0.1, 0.15) is 6.17 Å². The largest absolute Gasteiger partial charge is 0.361 e. The van der Waals surface area contributed by atoms with Gasteiger partial charge in [-0.05, 0) is 0 Å². The van der Waals surface area contributed by atoms with Crippen molar-refractivity contribution >= 4 is 6.34 Å². The predicted octanol–water partition coefficient (Wildman–Crippen LogP) is -0.722. The van der Waals surface area contributed by atoms with Crippen LogP contribution in [0.2, 0.25) is 0 Å². The first-order valence-corrected chi connectivity index (χ1v) is 3.30. The summed E-state index contributed by atoms with van der Waals surface area (Å²) in [5, 5.41) is 6.18. The first-order valence-electron chi connectivity index (χ1n) is 3.30. The van der Waals surface area contributed by atoms with E-state index in [1.807, 2.05) is 13.2 Å². The average Bonchev–Trinajstić information content (AvgIpc) is 2.34. The van der Waals surface area contributed by atoms with Crippen LogP contribution in [0.15, 0.2) is 16.9 Å².